The van der Waals surface area contributed by atoms with Crippen LogP contribution in [-0.2, 0) is 0 Å². The number of aryl methyl sites for hydroxylation is 1. The number of hydrogen-bond acceptors (Lipinski definition) is 3. The van der Waals surface area contributed by atoms with E-state index in [2.05, 4.69) is 11.4 Å². The topological polar surface area (TPSA) is 35.8 Å². The van der Waals surface area contributed by atoms with E-state index in [0.29, 0.717) is 0 Å². The van der Waals surface area contributed by atoms with Gasteiger partial charge in [-0.05, 0) is 26.3 Å². The normalized spacial score (nSPS) is 9.50. The fraction of sp³-hybridized carbons (Fsp3) is 0.444. The average Bonchev–Trinajstić information content (AvgIpc) is 2.29. The molecule has 0 radical (unpaired) electrons. The number of thiophene rings is 1. The van der Waals surface area contributed by atoms with E-state index in [1.807, 2.05) is 20.8 Å². The molecule has 1 aromatic heterocycles. The fourth-order valence-electron chi connectivity index (χ4n) is 1.05. The molecule has 0 aromatic carbocycles. The van der Waals surface area contributed by atoms with Crippen molar-refractivity contribution in [2.24, 2.45) is 0 Å². The molecule has 0 saturated heterocycles. The molecule has 0 aliphatic rings. The molecule has 3 heteroatoms. The molecular formula is C9H12N2S. The van der Waals surface area contributed by atoms with Gasteiger partial charge < -0.3 is 5.32 Å². The highest BCUT2D eigenvalue weighted by Gasteiger charge is 2.10. The number of anilines is 1. The monoisotopic (exact) mass is 180 g/mol. The van der Waals surface area contributed by atoms with E-state index in [0.717, 1.165) is 22.7 Å². The highest BCUT2D eigenvalue weighted by molar-refractivity contribution is 7.16. The van der Waals surface area contributed by atoms with Gasteiger partial charge in [-0.25, -0.2) is 0 Å². The summed E-state index contributed by atoms with van der Waals surface area (Å²) in [5.74, 6) is 0. The Morgan fingerprint density at radius 2 is 2.17 bits per heavy atom. The highest BCUT2D eigenvalue weighted by Crippen LogP contribution is 2.31. The zero-order chi connectivity index (χ0) is 9.14. The third-order valence-corrected chi connectivity index (χ3v) is 3.00. The standard InChI is InChI=1S/C9H12N2S/c1-4-11-9-8(5-10)6(2)7(3)12-9/h11H,4H2,1-3H3. The lowest BCUT2D eigenvalue weighted by atomic mass is 10.2. The molecule has 0 fully saturated rings. The molecule has 0 amide bonds. The number of rotatable bonds is 2. The second-order valence-electron chi connectivity index (χ2n) is 2.63. The van der Waals surface area contributed by atoms with Crippen LogP contribution < -0.4 is 5.32 Å². The molecule has 1 aromatic rings. The van der Waals surface area contributed by atoms with E-state index in [-0.39, 0.29) is 0 Å². The van der Waals surface area contributed by atoms with Crippen molar-refractivity contribution in [3.63, 3.8) is 0 Å². The summed E-state index contributed by atoms with van der Waals surface area (Å²) in [6.45, 7) is 6.94. The highest BCUT2D eigenvalue weighted by atomic mass is 32.1. The van der Waals surface area contributed by atoms with Gasteiger partial charge in [0.05, 0.1) is 5.56 Å². The summed E-state index contributed by atoms with van der Waals surface area (Å²) in [5, 5.41) is 13.0. The molecule has 2 nitrogen and oxygen atoms in total. The first-order valence-electron chi connectivity index (χ1n) is 3.94. The second-order valence-corrected chi connectivity index (χ2v) is 3.85. The van der Waals surface area contributed by atoms with Crippen molar-refractivity contribution in [2.75, 3.05) is 11.9 Å². The molecule has 0 aliphatic carbocycles. The van der Waals surface area contributed by atoms with Gasteiger partial charge in [0.15, 0.2) is 0 Å². The van der Waals surface area contributed by atoms with Crippen molar-refractivity contribution in [1.82, 2.24) is 0 Å². The summed E-state index contributed by atoms with van der Waals surface area (Å²) < 4.78 is 0. The predicted octanol–water partition coefficient (Wildman–Crippen LogP) is 2.67. The molecule has 12 heavy (non-hydrogen) atoms. The first kappa shape index (κ1) is 9.08. The summed E-state index contributed by atoms with van der Waals surface area (Å²) in [6.07, 6.45) is 0. The Bertz CT molecular complexity index is 320. The molecule has 0 aliphatic heterocycles. The van der Waals surface area contributed by atoms with Gasteiger partial charge in [-0.2, -0.15) is 5.26 Å². The maximum Gasteiger partial charge on any atom is 0.107 e. The van der Waals surface area contributed by atoms with Crippen LogP contribution in [0.25, 0.3) is 0 Å². The zero-order valence-electron chi connectivity index (χ0n) is 7.56. The zero-order valence-corrected chi connectivity index (χ0v) is 8.38. The van der Waals surface area contributed by atoms with Crippen LogP contribution in [0, 0.1) is 25.2 Å². The largest absolute Gasteiger partial charge is 0.376 e. The minimum absolute atomic E-state index is 0.805. The van der Waals surface area contributed by atoms with Gasteiger partial charge in [-0.1, -0.05) is 0 Å². The Balaban J connectivity index is 3.13. The summed E-state index contributed by atoms with van der Waals surface area (Å²) in [7, 11) is 0. The molecule has 1 heterocycles. The van der Waals surface area contributed by atoms with Gasteiger partial charge in [0.1, 0.15) is 11.1 Å². The summed E-state index contributed by atoms with van der Waals surface area (Å²) in [4.78, 5) is 1.22. The molecule has 0 unspecified atom stereocenters. The maximum atomic E-state index is 8.86. The van der Waals surface area contributed by atoms with Crippen LogP contribution in [-0.4, -0.2) is 6.54 Å². The quantitative estimate of drug-likeness (QED) is 0.759. The van der Waals surface area contributed by atoms with Crippen LogP contribution in [0.1, 0.15) is 22.9 Å². The van der Waals surface area contributed by atoms with Gasteiger partial charge in [-0.15, -0.1) is 11.3 Å². The van der Waals surface area contributed by atoms with Crippen molar-refractivity contribution >= 4 is 16.3 Å². The van der Waals surface area contributed by atoms with Crippen molar-refractivity contribution in [2.45, 2.75) is 20.8 Å². The molecule has 64 valence electrons. The molecule has 1 N–H and O–H groups in total. The minimum Gasteiger partial charge on any atom is -0.376 e. The second kappa shape index (κ2) is 3.59. The predicted molar refractivity (Wildman–Crippen MR) is 52.7 cm³/mol. The molecule has 0 atom stereocenters. The van der Waals surface area contributed by atoms with Crippen LogP contribution in [0.5, 0.6) is 0 Å². The Labute approximate surface area is 76.8 Å². The van der Waals surface area contributed by atoms with Crippen LogP contribution in [0.2, 0.25) is 0 Å². The fourth-order valence-corrected chi connectivity index (χ4v) is 2.13. The number of nitriles is 1. The van der Waals surface area contributed by atoms with E-state index >= 15 is 0 Å². The van der Waals surface area contributed by atoms with Gasteiger partial charge in [0.25, 0.3) is 0 Å². The third-order valence-electron chi connectivity index (χ3n) is 1.83. The maximum absolute atomic E-state index is 8.86. The van der Waals surface area contributed by atoms with Crippen LogP contribution in [0.4, 0.5) is 5.00 Å². The van der Waals surface area contributed by atoms with E-state index < -0.39 is 0 Å². The van der Waals surface area contributed by atoms with Gasteiger partial charge in [0.2, 0.25) is 0 Å². The van der Waals surface area contributed by atoms with Crippen molar-refractivity contribution in [1.29, 1.82) is 5.26 Å². The number of nitrogens with zero attached hydrogens (tertiary/aromatic N) is 1. The van der Waals surface area contributed by atoms with E-state index in [1.165, 1.54) is 4.88 Å². The lowest BCUT2D eigenvalue weighted by Crippen LogP contribution is -1.95. The summed E-state index contributed by atoms with van der Waals surface area (Å²) in [5.41, 5.74) is 1.91. The first-order chi connectivity index (χ1) is 5.70. The number of nitrogens with one attached hydrogen (secondary N) is 1. The smallest absolute Gasteiger partial charge is 0.107 e. The van der Waals surface area contributed by atoms with Crippen LogP contribution >= 0.6 is 11.3 Å². The van der Waals surface area contributed by atoms with Gasteiger partial charge in [0, 0.05) is 11.4 Å². The molecule has 0 saturated carbocycles. The van der Waals surface area contributed by atoms with Gasteiger partial charge >= 0.3 is 0 Å². The molecule has 0 bridgehead atoms. The first-order valence-corrected chi connectivity index (χ1v) is 4.76. The van der Waals surface area contributed by atoms with Crippen molar-refractivity contribution in [3.8, 4) is 6.07 Å². The van der Waals surface area contributed by atoms with Crippen molar-refractivity contribution < 1.29 is 0 Å². The lowest BCUT2D eigenvalue weighted by molar-refractivity contribution is 1.22. The molecule has 0 spiro atoms. The van der Waals surface area contributed by atoms with E-state index in [9.17, 15) is 0 Å². The SMILES string of the molecule is CCNc1sc(C)c(C)c1C#N. The Kier molecular flexibility index (Phi) is 2.72. The summed E-state index contributed by atoms with van der Waals surface area (Å²) in [6, 6.07) is 2.22. The van der Waals surface area contributed by atoms with E-state index in [1.54, 1.807) is 11.3 Å². The Morgan fingerprint density at radius 1 is 1.50 bits per heavy atom. The molecule has 1 rings (SSSR count). The van der Waals surface area contributed by atoms with Crippen LogP contribution in [0.15, 0.2) is 0 Å². The Morgan fingerprint density at radius 3 is 2.67 bits per heavy atom. The average molecular weight is 180 g/mol. The number of hydrogen-bond donors (Lipinski definition) is 1. The molecular weight excluding hydrogens is 168 g/mol. The minimum atomic E-state index is 0.805. The van der Waals surface area contributed by atoms with E-state index in [4.69, 9.17) is 5.26 Å². The van der Waals surface area contributed by atoms with Crippen LogP contribution in [0.3, 0.4) is 0 Å². The van der Waals surface area contributed by atoms with Crippen molar-refractivity contribution in [3.05, 3.63) is 16.0 Å². The Hall–Kier alpha value is -1.01. The lowest BCUT2D eigenvalue weighted by Gasteiger charge is -1.97. The van der Waals surface area contributed by atoms with Gasteiger partial charge in [-0.3, -0.25) is 0 Å². The third kappa shape index (κ3) is 1.44. The summed E-state index contributed by atoms with van der Waals surface area (Å²) >= 11 is 1.66.